The molecule has 0 unspecified atom stereocenters. The fraction of sp³-hybridized carbons (Fsp3) is 0.588. The second-order valence-corrected chi connectivity index (χ2v) is 7.79. The maximum atomic E-state index is 12.6. The summed E-state index contributed by atoms with van der Waals surface area (Å²) in [6.45, 7) is 2.39. The predicted octanol–water partition coefficient (Wildman–Crippen LogP) is 2.42. The van der Waals surface area contributed by atoms with Crippen LogP contribution in [0.1, 0.15) is 53.2 Å². The molecule has 7 heteroatoms. The number of rotatable bonds is 4. The number of aromatic nitrogens is 2. The molecular formula is C17H24N4O2S. The Bertz CT molecular complexity index is 803. The topological polar surface area (TPSA) is 78.1 Å². The van der Waals surface area contributed by atoms with E-state index < -0.39 is 0 Å². The number of aryl methyl sites for hydroxylation is 1. The number of hydrogen-bond donors (Lipinski definition) is 2. The first kappa shape index (κ1) is 17.1. The van der Waals surface area contributed by atoms with Crippen LogP contribution >= 0.6 is 11.3 Å². The Hall–Kier alpha value is -1.73. The lowest BCUT2D eigenvalue weighted by atomic mass is 9.95. The maximum absolute atomic E-state index is 12.6. The van der Waals surface area contributed by atoms with Crippen molar-refractivity contribution in [2.24, 2.45) is 0 Å². The molecule has 0 aliphatic heterocycles. The smallest absolute Gasteiger partial charge is 0.261 e. The number of fused-ring (bicyclic) bond motifs is 1. The summed E-state index contributed by atoms with van der Waals surface area (Å²) in [5, 5.41) is 3.66. The SMILES string of the molecule is Cc1c(C(=O)NC2CCCCC2)sc2nc(CN(C)C)[nH]c(=O)c12. The molecule has 6 nitrogen and oxygen atoms in total. The van der Waals surface area contributed by atoms with Gasteiger partial charge in [-0.3, -0.25) is 9.59 Å². The summed E-state index contributed by atoms with van der Waals surface area (Å²) in [7, 11) is 3.85. The van der Waals surface area contributed by atoms with Gasteiger partial charge in [-0.1, -0.05) is 19.3 Å². The number of thiophene rings is 1. The summed E-state index contributed by atoms with van der Waals surface area (Å²) in [5.41, 5.74) is 0.566. The molecule has 2 N–H and O–H groups in total. The fourth-order valence-electron chi connectivity index (χ4n) is 3.28. The van der Waals surface area contributed by atoms with Crippen LogP contribution in [-0.2, 0) is 6.54 Å². The van der Waals surface area contributed by atoms with Gasteiger partial charge < -0.3 is 15.2 Å². The van der Waals surface area contributed by atoms with Gasteiger partial charge in [0, 0.05) is 6.04 Å². The third kappa shape index (κ3) is 3.52. The minimum Gasteiger partial charge on any atom is -0.349 e. The van der Waals surface area contributed by atoms with Crippen LogP contribution < -0.4 is 10.9 Å². The molecule has 1 saturated carbocycles. The van der Waals surface area contributed by atoms with Crippen LogP contribution in [-0.4, -0.2) is 40.9 Å². The number of nitrogens with zero attached hydrogens (tertiary/aromatic N) is 2. The molecule has 1 fully saturated rings. The average molecular weight is 348 g/mol. The Morgan fingerprint density at radius 2 is 2.04 bits per heavy atom. The number of H-pyrrole nitrogens is 1. The Morgan fingerprint density at radius 3 is 2.71 bits per heavy atom. The Kier molecular flexibility index (Phi) is 5.01. The molecule has 1 amide bonds. The highest BCUT2D eigenvalue weighted by atomic mass is 32.1. The zero-order valence-corrected chi connectivity index (χ0v) is 15.3. The first-order chi connectivity index (χ1) is 11.5. The van der Waals surface area contributed by atoms with E-state index >= 15 is 0 Å². The van der Waals surface area contributed by atoms with Crippen LogP contribution in [0, 0.1) is 6.92 Å². The summed E-state index contributed by atoms with van der Waals surface area (Å²) in [4.78, 5) is 35.6. The van der Waals surface area contributed by atoms with Crippen molar-refractivity contribution in [3.8, 4) is 0 Å². The molecule has 0 saturated heterocycles. The van der Waals surface area contributed by atoms with E-state index in [1.165, 1.54) is 30.6 Å². The first-order valence-electron chi connectivity index (χ1n) is 8.43. The van der Waals surface area contributed by atoms with Gasteiger partial charge in [-0.2, -0.15) is 0 Å². The number of hydrogen-bond acceptors (Lipinski definition) is 5. The van der Waals surface area contributed by atoms with Crippen molar-refractivity contribution in [2.75, 3.05) is 14.1 Å². The minimum absolute atomic E-state index is 0.0732. The van der Waals surface area contributed by atoms with E-state index in [1.807, 2.05) is 25.9 Å². The molecule has 0 bridgehead atoms. The molecule has 2 aromatic rings. The lowest BCUT2D eigenvalue weighted by Gasteiger charge is -2.22. The highest BCUT2D eigenvalue weighted by Crippen LogP contribution is 2.27. The molecule has 3 rings (SSSR count). The number of nitrogens with one attached hydrogen (secondary N) is 2. The van der Waals surface area contributed by atoms with Crippen molar-refractivity contribution < 1.29 is 4.79 Å². The van der Waals surface area contributed by atoms with Crippen LogP contribution in [0.25, 0.3) is 10.2 Å². The van der Waals surface area contributed by atoms with Crippen molar-refractivity contribution in [1.82, 2.24) is 20.2 Å². The van der Waals surface area contributed by atoms with Gasteiger partial charge in [0.15, 0.2) is 0 Å². The summed E-state index contributed by atoms with van der Waals surface area (Å²) >= 11 is 1.31. The molecule has 2 aromatic heterocycles. The van der Waals surface area contributed by atoms with Crippen LogP contribution in [0.5, 0.6) is 0 Å². The van der Waals surface area contributed by atoms with Crippen molar-refractivity contribution in [2.45, 2.75) is 51.6 Å². The van der Waals surface area contributed by atoms with Gasteiger partial charge in [0.25, 0.3) is 11.5 Å². The maximum Gasteiger partial charge on any atom is 0.261 e. The van der Waals surface area contributed by atoms with E-state index in [2.05, 4.69) is 15.3 Å². The molecule has 0 atom stereocenters. The molecule has 0 spiro atoms. The van der Waals surface area contributed by atoms with Gasteiger partial charge in [-0.15, -0.1) is 11.3 Å². The number of carbonyl (C=O) groups excluding carboxylic acids is 1. The summed E-state index contributed by atoms with van der Waals surface area (Å²) < 4.78 is 0. The number of aromatic amines is 1. The van der Waals surface area contributed by atoms with E-state index in [0.29, 0.717) is 27.5 Å². The van der Waals surface area contributed by atoms with Crippen LogP contribution in [0.3, 0.4) is 0 Å². The third-order valence-corrected chi connectivity index (χ3v) is 5.65. The van der Waals surface area contributed by atoms with Gasteiger partial charge in [0.2, 0.25) is 0 Å². The van der Waals surface area contributed by atoms with Crippen molar-refractivity contribution in [3.63, 3.8) is 0 Å². The van der Waals surface area contributed by atoms with Crippen molar-refractivity contribution >= 4 is 27.5 Å². The zero-order chi connectivity index (χ0) is 17.3. The number of carbonyl (C=O) groups is 1. The molecule has 24 heavy (non-hydrogen) atoms. The van der Waals surface area contributed by atoms with E-state index in [-0.39, 0.29) is 17.5 Å². The Labute approximate surface area is 145 Å². The summed E-state index contributed by atoms with van der Waals surface area (Å²) in [6, 6.07) is 0.256. The quantitative estimate of drug-likeness (QED) is 0.889. The zero-order valence-electron chi connectivity index (χ0n) is 14.4. The monoisotopic (exact) mass is 348 g/mol. The van der Waals surface area contributed by atoms with Gasteiger partial charge in [0.05, 0.1) is 16.8 Å². The molecule has 0 aromatic carbocycles. The van der Waals surface area contributed by atoms with Crippen molar-refractivity contribution in [1.29, 1.82) is 0 Å². The second-order valence-electron chi connectivity index (χ2n) is 6.80. The van der Waals surface area contributed by atoms with Gasteiger partial charge in [-0.05, 0) is 39.4 Å². The molecule has 0 radical (unpaired) electrons. The highest BCUT2D eigenvalue weighted by Gasteiger charge is 2.22. The van der Waals surface area contributed by atoms with E-state index in [1.54, 1.807) is 0 Å². The predicted molar refractivity (Wildman–Crippen MR) is 96.7 cm³/mol. The molecule has 130 valence electrons. The summed E-state index contributed by atoms with van der Waals surface area (Å²) in [6.07, 6.45) is 5.68. The van der Waals surface area contributed by atoms with Crippen LogP contribution in [0.2, 0.25) is 0 Å². The lowest BCUT2D eigenvalue weighted by molar-refractivity contribution is 0.0931. The minimum atomic E-state index is -0.165. The first-order valence-corrected chi connectivity index (χ1v) is 9.25. The molecule has 1 aliphatic carbocycles. The van der Waals surface area contributed by atoms with Gasteiger partial charge >= 0.3 is 0 Å². The fourth-order valence-corrected chi connectivity index (χ4v) is 4.38. The van der Waals surface area contributed by atoms with Gasteiger partial charge in [-0.25, -0.2) is 4.98 Å². The standard InChI is InChI=1S/C17H24N4O2S/c1-10-13-15(22)19-12(9-21(2)3)20-17(13)24-14(10)16(23)18-11-7-5-4-6-8-11/h11H,4-9H2,1-3H3,(H,18,23)(H,19,20,22). The lowest BCUT2D eigenvalue weighted by Crippen LogP contribution is -2.36. The van der Waals surface area contributed by atoms with E-state index in [9.17, 15) is 9.59 Å². The largest absolute Gasteiger partial charge is 0.349 e. The van der Waals surface area contributed by atoms with E-state index in [0.717, 1.165) is 18.4 Å². The van der Waals surface area contributed by atoms with Crippen LogP contribution in [0.15, 0.2) is 4.79 Å². The molecule has 1 aliphatic rings. The summed E-state index contributed by atoms with van der Waals surface area (Å²) in [5.74, 6) is 0.550. The Morgan fingerprint density at radius 1 is 1.33 bits per heavy atom. The number of amides is 1. The Balaban J connectivity index is 1.90. The molecule has 2 heterocycles. The molecular weight excluding hydrogens is 324 g/mol. The van der Waals surface area contributed by atoms with Crippen molar-refractivity contribution in [3.05, 3.63) is 26.6 Å². The van der Waals surface area contributed by atoms with Crippen LogP contribution in [0.4, 0.5) is 0 Å². The normalized spacial score (nSPS) is 16.0. The third-order valence-electron chi connectivity index (χ3n) is 4.46. The second kappa shape index (κ2) is 7.03. The van der Waals surface area contributed by atoms with Gasteiger partial charge in [0.1, 0.15) is 10.7 Å². The highest BCUT2D eigenvalue weighted by molar-refractivity contribution is 7.20. The van der Waals surface area contributed by atoms with E-state index in [4.69, 9.17) is 0 Å². The average Bonchev–Trinajstić information content (AvgIpc) is 2.85.